The van der Waals surface area contributed by atoms with E-state index in [2.05, 4.69) is 6.58 Å². The van der Waals surface area contributed by atoms with Crippen LogP contribution in [-0.2, 0) is 0 Å². The Kier molecular flexibility index (Phi) is 4.49. The molecule has 0 radical (unpaired) electrons. The Labute approximate surface area is 65.5 Å². The van der Waals surface area contributed by atoms with E-state index in [1.54, 1.807) is 0 Å². The van der Waals surface area contributed by atoms with Crippen LogP contribution in [0, 0.1) is 0 Å². The summed E-state index contributed by atoms with van der Waals surface area (Å²) in [7, 11) is -1.61. The minimum Gasteiger partial charge on any atom is -0.423 e. The van der Waals surface area contributed by atoms with Crippen LogP contribution >= 0.6 is 0 Å². The smallest absolute Gasteiger partial charge is 0.423 e. The van der Waals surface area contributed by atoms with Gasteiger partial charge in [0.25, 0.3) is 0 Å². The van der Waals surface area contributed by atoms with E-state index < -0.39 is 12.9 Å². The number of hydrogen-bond donors (Lipinski definition) is 2. The van der Waals surface area contributed by atoms with Crippen molar-refractivity contribution in [3.8, 4) is 0 Å². The largest absolute Gasteiger partial charge is 0.487 e. The monoisotopic (exact) mass is 156 g/mol. The molecule has 0 unspecified atom stereocenters. The molecule has 2 nitrogen and oxygen atoms in total. The summed E-state index contributed by atoms with van der Waals surface area (Å²) in [4.78, 5) is 0. The first-order chi connectivity index (χ1) is 5.07. The molecule has 4 heteroatoms. The quantitative estimate of drug-likeness (QED) is 0.472. The lowest BCUT2D eigenvalue weighted by Crippen LogP contribution is -2.12. The fraction of sp³-hybridized carbons (Fsp3) is 0.143. The van der Waals surface area contributed by atoms with Gasteiger partial charge in [-0.3, -0.25) is 0 Å². The molecule has 0 aromatic heterocycles. The summed E-state index contributed by atoms with van der Waals surface area (Å²) in [5.74, 6) is -0.438. The SMILES string of the molecule is C=C(/C=C\C(F)=C/C)B(O)O. The molecule has 60 valence electrons. The Morgan fingerprint density at radius 3 is 2.36 bits per heavy atom. The number of rotatable bonds is 3. The molecule has 0 aromatic carbocycles. The van der Waals surface area contributed by atoms with Crippen molar-refractivity contribution in [3.63, 3.8) is 0 Å². The van der Waals surface area contributed by atoms with Gasteiger partial charge in [0.2, 0.25) is 0 Å². The fourth-order valence-corrected chi connectivity index (χ4v) is 0.369. The van der Waals surface area contributed by atoms with Gasteiger partial charge in [-0.25, -0.2) is 4.39 Å². The second-order valence-corrected chi connectivity index (χ2v) is 1.96. The molecule has 2 N–H and O–H groups in total. The van der Waals surface area contributed by atoms with Gasteiger partial charge in [-0.2, -0.15) is 0 Å². The van der Waals surface area contributed by atoms with Gasteiger partial charge in [0, 0.05) is 0 Å². The number of allylic oxidation sites excluding steroid dienone is 5. The highest BCUT2D eigenvalue weighted by Gasteiger charge is 2.07. The lowest BCUT2D eigenvalue weighted by Gasteiger charge is -1.93. The standard InChI is InChI=1S/C7H10BFO2/c1-3-7(9)5-4-6(2)8(10)11/h3-5,10-11H,2H2,1H3/b5-4-,7-3+. The van der Waals surface area contributed by atoms with E-state index in [9.17, 15) is 4.39 Å². The molecule has 0 aliphatic carbocycles. The molecule has 0 bridgehead atoms. The zero-order valence-corrected chi connectivity index (χ0v) is 6.29. The summed E-state index contributed by atoms with van der Waals surface area (Å²) >= 11 is 0. The van der Waals surface area contributed by atoms with Gasteiger partial charge < -0.3 is 10.0 Å². The molecule has 0 fully saturated rings. The molecular formula is C7H10BFO2. The second-order valence-electron chi connectivity index (χ2n) is 1.96. The maximum Gasteiger partial charge on any atom is 0.487 e. The first-order valence-corrected chi connectivity index (χ1v) is 3.12. The van der Waals surface area contributed by atoms with Gasteiger partial charge in [0.05, 0.1) is 0 Å². The topological polar surface area (TPSA) is 40.5 Å². The molecule has 0 rings (SSSR count). The van der Waals surface area contributed by atoms with Gasteiger partial charge in [0.15, 0.2) is 0 Å². The highest BCUT2D eigenvalue weighted by atomic mass is 19.1. The zero-order valence-electron chi connectivity index (χ0n) is 6.29. The molecule has 0 aromatic rings. The van der Waals surface area contributed by atoms with E-state index in [0.29, 0.717) is 0 Å². The average Bonchev–Trinajstić information content (AvgIpc) is 1.99. The Hall–Kier alpha value is -0.865. The highest BCUT2D eigenvalue weighted by molar-refractivity contribution is 6.51. The Balaban J connectivity index is 4.04. The number of halogens is 1. The average molecular weight is 156 g/mol. The summed E-state index contributed by atoms with van der Waals surface area (Å²) in [5.41, 5.74) is 0.0574. The molecule has 0 atom stereocenters. The van der Waals surface area contributed by atoms with Crippen molar-refractivity contribution in [2.75, 3.05) is 0 Å². The normalized spacial score (nSPS) is 12.2. The van der Waals surface area contributed by atoms with E-state index in [-0.39, 0.29) is 5.47 Å². The highest BCUT2D eigenvalue weighted by Crippen LogP contribution is 2.01. The molecule has 0 spiro atoms. The van der Waals surface area contributed by atoms with Crippen LogP contribution in [-0.4, -0.2) is 17.2 Å². The maximum absolute atomic E-state index is 12.3. The fourth-order valence-electron chi connectivity index (χ4n) is 0.369. The van der Waals surface area contributed by atoms with Crippen LogP contribution in [0.4, 0.5) is 4.39 Å². The molecule has 0 heterocycles. The van der Waals surface area contributed by atoms with Crippen LogP contribution in [0.3, 0.4) is 0 Å². The third-order valence-electron chi connectivity index (χ3n) is 1.06. The van der Waals surface area contributed by atoms with Gasteiger partial charge in [0.1, 0.15) is 5.83 Å². The van der Waals surface area contributed by atoms with E-state index >= 15 is 0 Å². The van der Waals surface area contributed by atoms with Gasteiger partial charge in [-0.1, -0.05) is 18.7 Å². The Bertz CT molecular complexity index is 197. The summed E-state index contributed by atoms with van der Waals surface area (Å²) in [6, 6.07) is 0. The minimum absolute atomic E-state index is 0.0574. The summed E-state index contributed by atoms with van der Waals surface area (Å²) in [6.45, 7) is 4.82. The third-order valence-corrected chi connectivity index (χ3v) is 1.06. The van der Waals surface area contributed by atoms with Crippen LogP contribution in [0.2, 0.25) is 0 Å². The predicted molar refractivity (Wildman–Crippen MR) is 43.3 cm³/mol. The van der Waals surface area contributed by atoms with E-state index in [4.69, 9.17) is 10.0 Å². The molecule has 0 saturated heterocycles. The van der Waals surface area contributed by atoms with Crippen LogP contribution in [0.15, 0.2) is 36.1 Å². The van der Waals surface area contributed by atoms with Crippen LogP contribution in [0.25, 0.3) is 0 Å². The van der Waals surface area contributed by atoms with Crippen molar-refractivity contribution < 1.29 is 14.4 Å². The second kappa shape index (κ2) is 4.88. The van der Waals surface area contributed by atoms with Crippen LogP contribution in [0.1, 0.15) is 6.92 Å². The van der Waals surface area contributed by atoms with Crippen LogP contribution in [0.5, 0.6) is 0 Å². The Morgan fingerprint density at radius 2 is 2.00 bits per heavy atom. The van der Waals surface area contributed by atoms with Gasteiger partial charge in [-0.15, -0.1) is 0 Å². The molecule has 0 saturated carbocycles. The molecular weight excluding hydrogens is 146 g/mol. The predicted octanol–water partition coefficient (Wildman–Crippen LogP) is 0.984. The molecule has 0 aliphatic rings. The lowest BCUT2D eigenvalue weighted by molar-refractivity contribution is 0.421. The van der Waals surface area contributed by atoms with E-state index in [1.807, 2.05) is 0 Å². The van der Waals surface area contributed by atoms with Crippen molar-refractivity contribution in [3.05, 3.63) is 36.1 Å². The molecule has 11 heavy (non-hydrogen) atoms. The van der Waals surface area contributed by atoms with E-state index in [0.717, 1.165) is 6.08 Å². The van der Waals surface area contributed by atoms with Crippen molar-refractivity contribution in [2.45, 2.75) is 6.92 Å². The van der Waals surface area contributed by atoms with Crippen molar-refractivity contribution in [1.82, 2.24) is 0 Å². The van der Waals surface area contributed by atoms with Crippen molar-refractivity contribution >= 4 is 7.12 Å². The molecule has 0 aliphatic heterocycles. The maximum atomic E-state index is 12.3. The first kappa shape index (κ1) is 10.1. The lowest BCUT2D eigenvalue weighted by atomic mass is 9.80. The van der Waals surface area contributed by atoms with Gasteiger partial charge >= 0.3 is 7.12 Å². The first-order valence-electron chi connectivity index (χ1n) is 3.12. The summed E-state index contributed by atoms with van der Waals surface area (Å²) in [5, 5.41) is 16.9. The number of hydrogen-bond acceptors (Lipinski definition) is 2. The zero-order chi connectivity index (χ0) is 8.85. The Morgan fingerprint density at radius 1 is 1.45 bits per heavy atom. The van der Waals surface area contributed by atoms with E-state index in [1.165, 1.54) is 19.1 Å². The van der Waals surface area contributed by atoms with Crippen LogP contribution < -0.4 is 0 Å². The molecule has 0 amide bonds. The van der Waals surface area contributed by atoms with Gasteiger partial charge in [-0.05, 0) is 18.5 Å². The minimum atomic E-state index is -1.61. The van der Waals surface area contributed by atoms with Crippen molar-refractivity contribution in [1.29, 1.82) is 0 Å². The van der Waals surface area contributed by atoms with Crippen molar-refractivity contribution in [2.24, 2.45) is 0 Å². The summed E-state index contributed by atoms with van der Waals surface area (Å²) < 4.78 is 12.3. The summed E-state index contributed by atoms with van der Waals surface area (Å²) in [6.07, 6.45) is 3.58. The third kappa shape index (κ3) is 4.53.